The summed E-state index contributed by atoms with van der Waals surface area (Å²) in [6.07, 6.45) is 50.0. The molecule has 2 unspecified atom stereocenters. The van der Waals surface area contributed by atoms with Gasteiger partial charge in [-0.25, -0.2) is 0 Å². The molecule has 0 saturated carbocycles. The summed E-state index contributed by atoms with van der Waals surface area (Å²) in [6.45, 7) is 4.87. The predicted octanol–water partition coefficient (Wildman–Crippen LogP) is 13.6. The van der Waals surface area contributed by atoms with Crippen molar-refractivity contribution in [3.05, 3.63) is 24.3 Å². The predicted molar refractivity (Wildman–Crippen MR) is 232 cm³/mol. The standard InChI is InChI=1S/C48H91NO5/c1-3-5-7-9-11-13-15-22-26-30-34-38-42-48(53)54-43-39-35-31-27-23-20-18-16-17-19-21-25-29-33-37-41-47(52)49-45(44-50)46(51)40-36-32-28-24-14-12-10-8-6-4-2/h16,18,20,23,45-46,50-51H,3-15,17,19,21-22,24-44H2,1-2H3,(H,49,52)/b18-16-,23-20-. The third kappa shape index (κ3) is 40.0. The number of hydrogen-bond donors (Lipinski definition) is 3. The maximum absolute atomic E-state index is 12.4. The van der Waals surface area contributed by atoms with E-state index in [0.29, 0.717) is 25.9 Å². The molecule has 0 aliphatic rings. The van der Waals surface area contributed by atoms with Crippen LogP contribution in [0, 0.1) is 0 Å². The summed E-state index contributed by atoms with van der Waals surface area (Å²) in [7, 11) is 0. The molecule has 6 nitrogen and oxygen atoms in total. The van der Waals surface area contributed by atoms with Crippen LogP contribution in [0.25, 0.3) is 0 Å². The molecular formula is C48H91NO5. The molecule has 0 aromatic carbocycles. The van der Waals surface area contributed by atoms with E-state index >= 15 is 0 Å². The molecule has 0 spiro atoms. The second kappa shape index (κ2) is 44.1. The summed E-state index contributed by atoms with van der Waals surface area (Å²) in [5.74, 6) is -0.0817. The van der Waals surface area contributed by atoms with Crippen molar-refractivity contribution in [2.75, 3.05) is 13.2 Å². The Hall–Kier alpha value is -1.66. The molecule has 0 bridgehead atoms. The number of rotatable bonds is 43. The Morgan fingerprint density at radius 1 is 0.519 bits per heavy atom. The molecule has 6 heteroatoms. The summed E-state index contributed by atoms with van der Waals surface area (Å²) in [5.41, 5.74) is 0. The maximum atomic E-state index is 12.4. The molecule has 0 aliphatic carbocycles. The van der Waals surface area contributed by atoms with Crippen LogP contribution >= 0.6 is 0 Å². The molecule has 0 aromatic heterocycles. The van der Waals surface area contributed by atoms with E-state index in [1.807, 2.05) is 0 Å². The SMILES string of the molecule is CCCCCCCCCCCCCCC(=O)OCCCCC/C=C\C=C/CCCCCCCCC(=O)NC(CO)C(O)CCCCCCCCCCCC. The Bertz CT molecular complexity index is 843. The Kier molecular flexibility index (Phi) is 42.7. The van der Waals surface area contributed by atoms with Crippen molar-refractivity contribution in [2.24, 2.45) is 0 Å². The maximum Gasteiger partial charge on any atom is 0.305 e. The van der Waals surface area contributed by atoms with Crippen molar-refractivity contribution in [2.45, 2.75) is 257 Å². The number of esters is 1. The Labute approximate surface area is 335 Å². The Balaban J connectivity index is 3.52. The van der Waals surface area contributed by atoms with Crippen LogP contribution in [0.3, 0.4) is 0 Å². The van der Waals surface area contributed by atoms with Gasteiger partial charge in [0.05, 0.1) is 25.4 Å². The van der Waals surface area contributed by atoms with Gasteiger partial charge in [0, 0.05) is 12.8 Å². The average molecular weight is 762 g/mol. The third-order valence-corrected chi connectivity index (χ3v) is 10.8. The van der Waals surface area contributed by atoms with Crippen LogP contribution in [-0.2, 0) is 14.3 Å². The van der Waals surface area contributed by atoms with Gasteiger partial charge >= 0.3 is 5.97 Å². The minimum atomic E-state index is -0.676. The van der Waals surface area contributed by atoms with Crippen LogP contribution in [0.15, 0.2) is 24.3 Å². The number of aliphatic hydroxyl groups is 2. The molecule has 54 heavy (non-hydrogen) atoms. The van der Waals surface area contributed by atoms with E-state index in [9.17, 15) is 19.8 Å². The van der Waals surface area contributed by atoms with E-state index in [0.717, 1.165) is 77.0 Å². The topological polar surface area (TPSA) is 95.9 Å². The van der Waals surface area contributed by atoms with Crippen molar-refractivity contribution in [1.82, 2.24) is 5.32 Å². The highest BCUT2D eigenvalue weighted by Crippen LogP contribution is 2.15. The number of unbranched alkanes of at least 4 members (excludes halogenated alkanes) is 29. The highest BCUT2D eigenvalue weighted by Gasteiger charge is 2.20. The van der Waals surface area contributed by atoms with Gasteiger partial charge in [-0.2, -0.15) is 0 Å². The second-order valence-corrected chi connectivity index (χ2v) is 16.1. The van der Waals surface area contributed by atoms with Crippen molar-refractivity contribution in [1.29, 1.82) is 0 Å². The molecule has 2 atom stereocenters. The zero-order valence-electron chi connectivity index (χ0n) is 36.0. The number of aliphatic hydroxyl groups excluding tert-OH is 2. The molecule has 1 amide bonds. The lowest BCUT2D eigenvalue weighted by Gasteiger charge is -2.22. The fraction of sp³-hybridized carbons (Fsp3) is 0.875. The van der Waals surface area contributed by atoms with Crippen LogP contribution in [0.5, 0.6) is 0 Å². The van der Waals surface area contributed by atoms with Gasteiger partial charge in [-0.1, -0.05) is 199 Å². The molecule has 0 fully saturated rings. The van der Waals surface area contributed by atoms with Crippen LogP contribution in [0.4, 0.5) is 0 Å². The largest absolute Gasteiger partial charge is 0.466 e. The van der Waals surface area contributed by atoms with Crippen LogP contribution < -0.4 is 5.32 Å². The number of carbonyl (C=O) groups excluding carboxylic acids is 2. The molecule has 3 N–H and O–H groups in total. The van der Waals surface area contributed by atoms with Gasteiger partial charge in [0.15, 0.2) is 0 Å². The molecule has 0 aliphatic heterocycles. The van der Waals surface area contributed by atoms with E-state index in [-0.39, 0.29) is 18.5 Å². The molecule has 0 saturated heterocycles. The van der Waals surface area contributed by atoms with Crippen molar-refractivity contribution in [3.8, 4) is 0 Å². The van der Waals surface area contributed by atoms with Crippen LogP contribution in [0.2, 0.25) is 0 Å². The van der Waals surface area contributed by atoms with Gasteiger partial charge in [0.25, 0.3) is 0 Å². The van der Waals surface area contributed by atoms with Crippen LogP contribution in [0.1, 0.15) is 245 Å². The first kappa shape index (κ1) is 52.3. The lowest BCUT2D eigenvalue weighted by atomic mass is 10.0. The van der Waals surface area contributed by atoms with Gasteiger partial charge in [-0.15, -0.1) is 0 Å². The van der Waals surface area contributed by atoms with Crippen molar-refractivity contribution < 1.29 is 24.5 Å². The number of nitrogens with one attached hydrogen (secondary N) is 1. The van der Waals surface area contributed by atoms with Gasteiger partial charge in [0.2, 0.25) is 5.91 Å². The first-order valence-electron chi connectivity index (χ1n) is 23.6. The lowest BCUT2D eigenvalue weighted by molar-refractivity contribution is -0.143. The van der Waals surface area contributed by atoms with E-state index in [1.54, 1.807) is 0 Å². The number of hydrogen-bond acceptors (Lipinski definition) is 5. The first-order valence-corrected chi connectivity index (χ1v) is 23.6. The highest BCUT2D eigenvalue weighted by molar-refractivity contribution is 5.76. The Morgan fingerprint density at radius 2 is 0.907 bits per heavy atom. The molecule has 0 heterocycles. The quantitative estimate of drug-likeness (QED) is 0.0327. The highest BCUT2D eigenvalue weighted by atomic mass is 16.5. The van der Waals surface area contributed by atoms with E-state index in [2.05, 4.69) is 43.5 Å². The van der Waals surface area contributed by atoms with Crippen molar-refractivity contribution >= 4 is 11.9 Å². The zero-order valence-corrected chi connectivity index (χ0v) is 36.0. The van der Waals surface area contributed by atoms with Gasteiger partial charge in [-0.3, -0.25) is 9.59 Å². The zero-order chi connectivity index (χ0) is 39.4. The monoisotopic (exact) mass is 762 g/mol. The first-order chi connectivity index (χ1) is 26.5. The molecule has 0 radical (unpaired) electrons. The van der Waals surface area contributed by atoms with Gasteiger partial charge < -0.3 is 20.3 Å². The lowest BCUT2D eigenvalue weighted by Crippen LogP contribution is -2.45. The summed E-state index contributed by atoms with van der Waals surface area (Å²) < 4.78 is 5.42. The fourth-order valence-electron chi connectivity index (χ4n) is 7.10. The minimum absolute atomic E-state index is 0.0217. The van der Waals surface area contributed by atoms with E-state index < -0.39 is 12.1 Å². The van der Waals surface area contributed by atoms with Gasteiger partial charge in [-0.05, 0) is 57.8 Å². The van der Waals surface area contributed by atoms with E-state index in [4.69, 9.17) is 4.74 Å². The molecule has 0 aromatic rings. The molecular weight excluding hydrogens is 671 g/mol. The molecule has 318 valence electrons. The van der Waals surface area contributed by atoms with Crippen LogP contribution in [-0.4, -0.2) is 47.4 Å². The van der Waals surface area contributed by atoms with Gasteiger partial charge in [0.1, 0.15) is 0 Å². The second-order valence-electron chi connectivity index (χ2n) is 16.1. The number of allylic oxidation sites excluding steroid dienone is 4. The number of carbonyl (C=O) groups is 2. The number of ether oxygens (including phenoxy) is 1. The summed E-state index contributed by atoms with van der Waals surface area (Å²) in [5, 5.41) is 23.0. The minimum Gasteiger partial charge on any atom is -0.466 e. The smallest absolute Gasteiger partial charge is 0.305 e. The Morgan fingerprint density at radius 3 is 1.37 bits per heavy atom. The average Bonchev–Trinajstić information content (AvgIpc) is 3.17. The fourth-order valence-corrected chi connectivity index (χ4v) is 7.10. The normalized spacial score (nSPS) is 12.9. The third-order valence-electron chi connectivity index (χ3n) is 10.8. The summed E-state index contributed by atoms with van der Waals surface area (Å²) in [6, 6.07) is -0.555. The van der Waals surface area contributed by atoms with E-state index in [1.165, 1.54) is 135 Å². The van der Waals surface area contributed by atoms with Crippen molar-refractivity contribution in [3.63, 3.8) is 0 Å². The molecule has 0 rings (SSSR count). The summed E-state index contributed by atoms with van der Waals surface area (Å²) >= 11 is 0. The number of amides is 1. The summed E-state index contributed by atoms with van der Waals surface area (Å²) in [4.78, 5) is 24.3.